The Bertz CT molecular complexity index is 1000. The van der Waals surface area contributed by atoms with Gasteiger partial charge < -0.3 is 8.97 Å². The van der Waals surface area contributed by atoms with Crippen LogP contribution in [-0.4, -0.2) is 21.0 Å². The second-order valence-electron chi connectivity index (χ2n) is 5.47. The first kappa shape index (κ1) is 15.4. The maximum atomic E-state index is 11.5. The topological polar surface area (TPSA) is 62.0 Å². The lowest BCUT2D eigenvalue weighted by Gasteiger charge is -2.05. The molecule has 1 unspecified atom stereocenters. The molecule has 4 rings (SSSR count). The highest BCUT2D eigenvalue weighted by molar-refractivity contribution is 7.90. The van der Waals surface area contributed by atoms with E-state index in [1.807, 2.05) is 30.3 Å². The van der Waals surface area contributed by atoms with E-state index >= 15 is 0 Å². The van der Waals surface area contributed by atoms with Crippen molar-refractivity contribution in [2.45, 2.75) is 11.8 Å². The highest BCUT2D eigenvalue weighted by Crippen LogP contribution is 2.36. The van der Waals surface area contributed by atoms with Crippen molar-refractivity contribution in [3.05, 3.63) is 53.7 Å². The summed E-state index contributed by atoms with van der Waals surface area (Å²) in [6, 6.07) is 14.0. The Hall–Kier alpha value is -2.15. The Balaban J connectivity index is 1.81. The van der Waals surface area contributed by atoms with Crippen LogP contribution in [0.2, 0.25) is 0 Å². The lowest BCUT2D eigenvalue weighted by atomic mass is 10.0. The molecule has 2 heterocycles. The zero-order valence-electron chi connectivity index (χ0n) is 13.1. The fourth-order valence-electron chi connectivity index (χ4n) is 2.63. The lowest BCUT2D eigenvalue weighted by Crippen LogP contribution is -1.96. The van der Waals surface area contributed by atoms with Crippen molar-refractivity contribution >= 4 is 32.6 Å². The predicted molar refractivity (Wildman–Crippen MR) is 97.6 cm³/mol. The van der Waals surface area contributed by atoms with Gasteiger partial charge in [-0.2, -0.15) is 0 Å². The van der Waals surface area contributed by atoms with Crippen molar-refractivity contribution in [2.75, 3.05) is 6.26 Å². The van der Waals surface area contributed by atoms with Crippen molar-refractivity contribution in [3.8, 4) is 22.6 Å². The summed E-state index contributed by atoms with van der Waals surface area (Å²) in [5.74, 6) is 1.09. The molecule has 0 aliphatic carbocycles. The average molecular weight is 354 g/mol. The van der Waals surface area contributed by atoms with E-state index in [2.05, 4.69) is 27.7 Å². The molecule has 0 aliphatic heterocycles. The Morgan fingerprint density at radius 2 is 1.79 bits per heavy atom. The van der Waals surface area contributed by atoms with E-state index in [-0.39, 0.29) is 0 Å². The molecule has 0 spiro atoms. The van der Waals surface area contributed by atoms with Gasteiger partial charge in [-0.15, -0.1) is 21.5 Å². The monoisotopic (exact) mass is 354 g/mol. The smallest absolute Gasteiger partial charge is 0.247 e. The van der Waals surface area contributed by atoms with Crippen molar-refractivity contribution in [2.24, 2.45) is 0 Å². The first-order valence-electron chi connectivity index (χ1n) is 7.37. The summed E-state index contributed by atoms with van der Waals surface area (Å²) in [5.41, 5.74) is 3.17. The number of hydrogen-bond acceptors (Lipinski definition) is 5. The van der Waals surface area contributed by atoms with Crippen LogP contribution in [0.5, 0.6) is 0 Å². The van der Waals surface area contributed by atoms with Crippen LogP contribution in [0.1, 0.15) is 5.89 Å². The fourth-order valence-corrected chi connectivity index (χ4v) is 4.09. The molecule has 2 aromatic carbocycles. The van der Waals surface area contributed by atoms with Gasteiger partial charge in [0.2, 0.25) is 11.8 Å². The van der Waals surface area contributed by atoms with Crippen molar-refractivity contribution in [1.29, 1.82) is 0 Å². The van der Waals surface area contributed by atoms with Crippen molar-refractivity contribution in [3.63, 3.8) is 0 Å². The molecule has 120 valence electrons. The van der Waals surface area contributed by atoms with E-state index in [4.69, 9.17) is 4.42 Å². The quantitative estimate of drug-likeness (QED) is 0.502. The van der Waals surface area contributed by atoms with Gasteiger partial charge >= 0.3 is 0 Å². The Morgan fingerprint density at radius 1 is 1.04 bits per heavy atom. The summed E-state index contributed by atoms with van der Waals surface area (Å²) in [4.78, 5) is 0.834. The summed E-state index contributed by atoms with van der Waals surface area (Å²) in [6.45, 7) is 1.78. The summed E-state index contributed by atoms with van der Waals surface area (Å²) in [7, 11) is 0. The SMILES string of the molecule is Cc1nnc(-c2ccc3scc(-c4ccc([S+](C)[O-])cc4)c3c2)o1. The predicted octanol–water partition coefficient (Wildman–Crippen LogP) is 4.66. The molecule has 0 fully saturated rings. The minimum absolute atomic E-state index is 0.531. The highest BCUT2D eigenvalue weighted by atomic mass is 32.2. The number of aryl methyl sites for hydroxylation is 1. The van der Waals surface area contributed by atoms with Gasteiger partial charge in [-0.25, -0.2) is 0 Å². The van der Waals surface area contributed by atoms with Gasteiger partial charge in [-0.1, -0.05) is 0 Å². The van der Waals surface area contributed by atoms with E-state index in [0.29, 0.717) is 11.8 Å². The molecule has 6 heteroatoms. The maximum Gasteiger partial charge on any atom is 0.247 e. The first-order chi connectivity index (χ1) is 11.6. The van der Waals surface area contributed by atoms with Gasteiger partial charge in [-0.3, -0.25) is 0 Å². The molecule has 4 aromatic rings. The number of rotatable bonds is 3. The van der Waals surface area contributed by atoms with Crippen LogP contribution in [0.15, 0.2) is 57.2 Å². The van der Waals surface area contributed by atoms with Crippen LogP contribution >= 0.6 is 11.3 Å². The lowest BCUT2D eigenvalue weighted by molar-refractivity contribution is 0.533. The van der Waals surface area contributed by atoms with Crippen molar-refractivity contribution in [1.82, 2.24) is 10.2 Å². The largest absolute Gasteiger partial charge is 0.612 e. The minimum atomic E-state index is -0.962. The average Bonchev–Trinajstić information content (AvgIpc) is 3.20. The van der Waals surface area contributed by atoms with E-state index in [9.17, 15) is 4.55 Å². The first-order valence-corrected chi connectivity index (χ1v) is 9.81. The molecule has 0 bridgehead atoms. The Morgan fingerprint density at radius 3 is 2.46 bits per heavy atom. The molecule has 2 aromatic heterocycles. The second kappa shape index (κ2) is 6.05. The fraction of sp³-hybridized carbons (Fsp3) is 0.111. The van der Waals surface area contributed by atoms with Gasteiger partial charge in [0.1, 0.15) is 6.26 Å². The van der Waals surface area contributed by atoms with Crippen LogP contribution in [-0.2, 0) is 11.2 Å². The van der Waals surface area contributed by atoms with Gasteiger partial charge in [0, 0.05) is 28.1 Å². The molecule has 0 amide bonds. The highest BCUT2D eigenvalue weighted by Gasteiger charge is 2.12. The van der Waals surface area contributed by atoms with Gasteiger partial charge in [0.05, 0.1) is 0 Å². The normalized spacial score (nSPS) is 12.6. The molecule has 0 aliphatic rings. The summed E-state index contributed by atoms with van der Waals surface area (Å²) in [5, 5.41) is 11.3. The number of aromatic nitrogens is 2. The second-order valence-corrected chi connectivity index (χ2v) is 7.76. The summed E-state index contributed by atoms with van der Waals surface area (Å²) < 4.78 is 18.3. The summed E-state index contributed by atoms with van der Waals surface area (Å²) in [6.07, 6.45) is 1.69. The number of benzene rings is 2. The van der Waals surface area contributed by atoms with Crippen LogP contribution in [0.4, 0.5) is 0 Å². The molecule has 1 atom stereocenters. The van der Waals surface area contributed by atoms with E-state index in [1.54, 1.807) is 24.5 Å². The van der Waals surface area contributed by atoms with Crippen LogP contribution in [0.3, 0.4) is 0 Å². The van der Waals surface area contributed by atoms with Gasteiger partial charge in [0.25, 0.3) is 0 Å². The standard InChI is InChI=1S/C18H14N2O2S2/c1-11-19-20-18(22-11)13-5-8-17-15(9-13)16(10-23-17)12-3-6-14(7-4-12)24(2)21/h3-10H,1-2H3. The van der Waals surface area contributed by atoms with Crippen molar-refractivity contribution < 1.29 is 8.97 Å². The van der Waals surface area contributed by atoms with E-state index < -0.39 is 11.2 Å². The van der Waals surface area contributed by atoms with E-state index in [1.165, 1.54) is 4.70 Å². The molecule has 0 radical (unpaired) electrons. The molecule has 24 heavy (non-hydrogen) atoms. The zero-order chi connectivity index (χ0) is 16.7. The van der Waals surface area contributed by atoms with Crippen LogP contribution in [0, 0.1) is 6.92 Å². The molecular weight excluding hydrogens is 340 g/mol. The number of fused-ring (bicyclic) bond motifs is 1. The van der Waals surface area contributed by atoms with Gasteiger partial charge in [0.15, 0.2) is 4.90 Å². The third-order valence-electron chi connectivity index (χ3n) is 3.84. The maximum absolute atomic E-state index is 11.5. The third-order valence-corrected chi connectivity index (χ3v) is 5.74. The van der Waals surface area contributed by atoms with Gasteiger partial charge in [-0.05, 0) is 64.6 Å². The zero-order valence-corrected chi connectivity index (χ0v) is 14.8. The Kier molecular flexibility index (Phi) is 3.88. The molecule has 0 saturated heterocycles. The molecule has 4 nitrogen and oxygen atoms in total. The van der Waals surface area contributed by atoms with Crippen LogP contribution < -0.4 is 0 Å². The number of nitrogens with zero attached hydrogens (tertiary/aromatic N) is 2. The molecular formula is C18H14N2O2S2. The molecule has 0 saturated carbocycles. The van der Waals surface area contributed by atoms with E-state index in [0.717, 1.165) is 27.0 Å². The number of thiophene rings is 1. The third kappa shape index (κ3) is 2.73. The summed E-state index contributed by atoms with van der Waals surface area (Å²) >= 11 is 0.739. The Labute approximate surface area is 146 Å². The van der Waals surface area contributed by atoms with Crippen LogP contribution in [0.25, 0.3) is 32.7 Å². The minimum Gasteiger partial charge on any atom is -0.612 e. The number of hydrogen-bond donors (Lipinski definition) is 0. The molecule has 0 N–H and O–H groups in total.